The molecule has 18 heavy (non-hydrogen) atoms. The number of fused-ring (bicyclic) bond motifs is 5. The van der Waals surface area contributed by atoms with Crippen molar-refractivity contribution < 1.29 is 14.3 Å². The van der Waals surface area contributed by atoms with Gasteiger partial charge in [-0.15, -0.1) is 0 Å². The number of imide groups is 1. The highest BCUT2D eigenvalue weighted by molar-refractivity contribution is 6.23. The molecule has 1 aromatic carbocycles. The van der Waals surface area contributed by atoms with Crippen LogP contribution in [-0.4, -0.2) is 24.0 Å². The maximum absolute atomic E-state index is 12.4. The van der Waals surface area contributed by atoms with Crippen LogP contribution >= 0.6 is 0 Å². The first-order valence-electron chi connectivity index (χ1n) is 6.04. The van der Waals surface area contributed by atoms with Crippen molar-refractivity contribution in [2.75, 3.05) is 4.90 Å². The molecule has 2 fully saturated rings. The summed E-state index contributed by atoms with van der Waals surface area (Å²) in [4.78, 5) is 26.1. The van der Waals surface area contributed by atoms with E-state index in [0.717, 1.165) is 0 Å². The van der Waals surface area contributed by atoms with Gasteiger partial charge in [0.25, 0.3) is 0 Å². The fourth-order valence-corrected chi connectivity index (χ4v) is 3.14. The molecule has 0 spiro atoms. The van der Waals surface area contributed by atoms with E-state index in [9.17, 15) is 9.59 Å². The maximum atomic E-state index is 12.4. The highest BCUT2D eigenvalue weighted by Crippen LogP contribution is 2.46. The van der Waals surface area contributed by atoms with Crippen molar-refractivity contribution in [1.82, 2.24) is 0 Å². The molecule has 4 nitrogen and oxygen atoms in total. The fourth-order valence-electron chi connectivity index (χ4n) is 3.14. The van der Waals surface area contributed by atoms with Gasteiger partial charge in [-0.1, -0.05) is 30.4 Å². The summed E-state index contributed by atoms with van der Waals surface area (Å²) in [6, 6.07) is 9.09. The van der Waals surface area contributed by atoms with Crippen LogP contribution in [0.1, 0.15) is 0 Å². The number of rotatable bonds is 1. The fraction of sp³-hybridized carbons (Fsp3) is 0.286. The first-order valence-corrected chi connectivity index (χ1v) is 6.04. The van der Waals surface area contributed by atoms with Gasteiger partial charge in [0, 0.05) is 0 Å². The van der Waals surface area contributed by atoms with Gasteiger partial charge >= 0.3 is 0 Å². The molecule has 4 rings (SSSR count). The second kappa shape index (κ2) is 3.29. The number of ether oxygens (including phenoxy) is 1. The summed E-state index contributed by atoms with van der Waals surface area (Å²) in [6.45, 7) is 0. The molecule has 2 amide bonds. The summed E-state index contributed by atoms with van der Waals surface area (Å²) < 4.78 is 5.58. The van der Waals surface area contributed by atoms with Crippen LogP contribution in [0.5, 0.6) is 0 Å². The van der Waals surface area contributed by atoms with E-state index in [4.69, 9.17) is 4.74 Å². The number of anilines is 1. The third kappa shape index (κ3) is 1.08. The van der Waals surface area contributed by atoms with Crippen LogP contribution in [0.4, 0.5) is 5.69 Å². The van der Waals surface area contributed by atoms with E-state index in [-0.39, 0.29) is 35.9 Å². The third-order valence-electron chi connectivity index (χ3n) is 3.92. The molecule has 0 unspecified atom stereocenters. The van der Waals surface area contributed by atoms with E-state index < -0.39 is 0 Å². The minimum absolute atomic E-state index is 0.131. The Balaban J connectivity index is 1.77. The molecule has 0 N–H and O–H groups in total. The monoisotopic (exact) mass is 241 g/mol. The number of amides is 2. The van der Waals surface area contributed by atoms with Crippen LogP contribution < -0.4 is 4.90 Å². The zero-order chi connectivity index (χ0) is 12.3. The van der Waals surface area contributed by atoms with Crippen LogP contribution in [-0.2, 0) is 14.3 Å². The number of hydrogen-bond donors (Lipinski definition) is 0. The molecule has 2 bridgehead atoms. The normalized spacial score (nSPS) is 36.6. The Morgan fingerprint density at radius 2 is 1.44 bits per heavy atom. The smallest absolute Gasteiger partial charge is 0.240 e. The highest BCUT2D eigenvalue weighted by atomic mass is 16.5. The standard InChI is InChI=1S/C14H11NO3/c16-13-11-9-6-7-10(18-9)12(11)14(17)15(13)8-4-2-1-3-5-8/h1-7,9-12H/t9-,10+,11+,12-. The van der Waals surface area contributed by atoms with Crippen molar-refractivity contribution in [3.05, 3.63) is 42.5 Å². The molecule has 0 aliphatic carbocycles. The Bertz CT molecular complexity index is 536. The molecule has 0 radical (unpaired) electrons. The zero-order valence-electron chi connectivity index (χ0n) is 9.52. The van der Waals surface area contributed by atoms with E-state index in [1.165, 1.54) is 4.90 Å². The SMILES string of the molecule is O=C1[C@@H]2[C@H](C(=O)N1c1ccccc1)[C@@H]1C=C[C@H]2O1. The summed E-state index contributed by atoms with van der Waals surface area (Å²) >= 11 is 0. The van der Waals surface area contributed by atoms with Crippen LogP contribution in [0.2, 0.25) is 0 Å². The van der Waals surface area contributed by atoms with Gasteiger partial charge in [0.05, 0.1) is 29.7 Å². The van der Waals surface area contributed by atoms with E-state index in [2.05, 4.69) is 0 Å². The Kier molecular flexibility index (Phi) is 1.84. The Hall–Kier alpha value is -1.94. The zero-order valence-corrected chi connectivity index (χ0v) is 9.52. The number of nitrogens with zero attached hydrogens (tertiary/aromatic N) is 1. The summed E-state index contributed by atoms with van der Waals surface area (Å²) in [5.41, 5.74) is 0.654. The van der Waals surface area contributed by atoms with E-state index >= 15 is 0 Å². The first-order chi connectivity index (χ1) is 8.77. The lowest BCUT2D eigenvalue weighted by Crippen LogP contribution is -2.34. The number of hydrogen-bond acceptors (Lipinski definition) is 3. The van der Waals surface area contributed by atoms with Crippen molar-refractivity contribution in [3.8, 4) is 0 Å². The first kappa shape index (κ1) is 10.0. The van der Waals surface area contributed by atoms with Gasteiger partial charge in [0.15, 0.2) is 0 Å². The van der Waals surface area contributed by atoms with E-state index in [0.29, 0.717) is 5.69 Å². The average Bonchev–Trinajstić information content (AvgIpc) is 3.05. The number of carbonyl (C=O) groups excluding carboxylic acids is 2. The van der Waals surface area contributed by atoms with Crippen LogP contribution in [0.3, 0.4) is 0 Å². The molecular formula is C14H11NO3. The molecule has 3 aliphatic heterocycles. The molecule has 1 aromatic rings. The molecule has 3 aliphatic rings. The Morgan fingerprint density at radius 1 is 0.889 bits per heavy atom. The third-order valence-corrected chi connectivity index (χ3v) is 3.92. The van der Waals surface area contributed by atoms with E-state index in [1.54, 1.807) is 12.1 Å². The quantitative estimate of drug-likeness (QED) is 0.547. The summed E-state index contributed by atoms with van der Waals surface area (Å²) in [6.07, 6.45) is 3.35. The van der Waals surface area contributed by atoms with Gasteiger partial charge in [0.1, 0.15) is 0 Å². The molecule has 90 valence electrons. The summed E-state index contributed by atoms with van der Waals surface area (Å²) in [5, 5.41) is 0. The van der Waals surface area contributed by atoms with Crippen molar-refractivity contribution in [2.45, 2.75) is 12.2 Å². The van der Waals surface area contributed by atoms with Gasteiger partial charge in [-0.25, -0.2) is 4.90 Å². The maximum Gasteiger partial charge on any atom is 0.240 e. The minimum Gasteiger partial charge on any atom is -0.365 e. The molecule has 0 saturated carbocycles. The summed E-state index contributed by atoms with van der Waals surface area (Å²) in [5.74, 6) is -0.915. The molecule has 4 atom stereocenters. The molecule has 3 heterocycles. The highest BCUT2D eigenvalue weighted by Gasteiger charge is 2.60. The minimum atomic E-state index is -0.326. The van der Waals surface area contributed by atoms with Crippen molar-refractivity contribution in [3.63, 3.8) is 0 Å². The van der Waals surface area contributed by atoms with Gasteiger partial charge in [-0.3, -0.25) is 9.59 Å². The van der Waals surface area contributed by atoms with Crippen molar-refractivity contribution in [2.24, 2.45) is 11.8 Å². The predicted molar refractivity (Wildman–Crippen MR) is 63.7 cm³/mol. The predicted octanol–water partition coefficient (Wildman–Crippen LogP) is 1.13. The van der Waals surface area contributed by atoms with Crippen molar-refractivity contribution in [1.29, 1.82) is 0 Å². The van der Waals surface area contributed by atoms with Crippen LogP contribution in [0, 0.1) is 11.8 Å². The molecule has 0 aromatic heterocycles. The van der Waals surface area contributed by atoms with Crippen LogP contribution in [0.25, 0.3) is 0 Å². The number of benzene rings is 1. The van der Waals surface area contributed by atoms with Crippen LogP contribution in [0.15, 0.2) is 42.5 Å². The van der Waals surface area contributed by atoms with Gasteiger partial charge in [0.2, 0.25) is 11.8 Å². The summed E-state index contributed by atoms with van der Waals surface area (Å²) in [7, 11) is 0. The topological polar surface area (TPSA) is 46.6 Å². The average molecular weight is 241 g/mol. The number of carbonyl (C=O) groups is 2. The molecule has 4 heteroatoms. The lowest BCUT2D eigenvalue weighted by Gasteiger charge is -2.17. The van der Waals surface area contributed by atoms with Gasteiger partial charge < -0.3 is 4.74 Å². The molecule has 2 saturated heterocycles. The second-order valence-corrected chi connectivity index (χ2v) is 4.85. The Morgan fingerprint density at radius 3 is 2.00 bits per heavy atom. The lowest BCUT2D eigenvalue weighted by atomic mass is 9.85. The Labute approximate surface area is 104 Å². The van der Waals surface area contributed by atoms with Gasteiger partial charge in [-0.05, 0) is 12.1 Å². The lowest BCUT2D eigenvalue weighted by molar-refractivity contribution is -0.124. The number of para-hydroxylation sites is 1. The van der Waals surface area contributed by atoms with E-state index in [1.807, 2.05) is 30.4 Å². The molecular weight excluding hydrogens is 230 g/mol. The second-order valence-electron chi connectivity index (χ2n) is 4.85. The largest absolute Gasteiger partial charge is 0.365 e. The van der Waals surface area contributed by atoms with Crippen molar-refractivity contribution >= 4 is 17.5 Å². The van der Waals surface area contributed by atoms with Gasteiger partial charge in [-0.2, -0.15) is 0 Å².